The van der Waals surface area contributed by atoms with Crippen LogP contribution in [0.5, 0.6) is 0 Å². The summed E-state index contributed by atoms with van der Waals surface area (Å²) in [4.78, 5) is 16.8. The van der Waals surface area contributed by atoms with E-state index in [-0.39, 0.29) is 18.3 Å². The van der Waals surface area contributed by atoms with Crippen molar-refractivity contribution in [1.29, 1.82) is 0 Å². The van der Waals surface area contributed by atoms with Crippen LogP contribution in [0, 0.1) is 0 Å². The van der Waals surface area contributed by atoms with Gasteiger partial charge in [0, 0.05) is 24.3 Å². The van der Waals surface area contributed by atoms with Gasteiger partial charge in [-0.25, -0.2) is 4.98 Å². The SMILES string of the molecule is CCCC(C)(N)C(=O)NCCc1nc(C2CCCCC2)cs1.Cl. The molecule has 1 amide bonds. The maximum atomic E-state index is 12.0. The van der Waals surface area contributed by atoms with Crippen molar-refractivity contribution in [3.63, 3.8) is 0 Å². The summed E-state index contributed by atoms with van der Waals surface area (Å²) >= 11 is 1.72. The largest absolute Gasteiger partial charge is 0.354 e. The van der Waals surface area contributed by atoms with Crippen LogP contribution in [0.25, 0.3) is 0 Å². The minimum atomic E-state index is -0.759. The lowest BCUT2D eigenvalue weighted by molar-refractivity contribution is -0.126. The number of thiazole rings is 1. The van der Waals surface area contributed by atoms with Crippen molar-refractivity contribution < 1.29 is 4.79 Å². The minimum Gasteiger partial charge on any atom is -0.354 e. The van der Waals surface area contributed by atoms with Crippen molar-refractivity contribution >= 4 is 29.7 Å². The molecule has 4 nitrogen and oxygen atoms in total. The second-order valence-corrected chi connectivity index (χ2v) is 7.62. The summed E-state index contributed by atoms with van der Waals surface area (Å²) in [5, 5.41) is 6.27. The van der Waals surface area contributed by atoms with Gasteiger partial charge >= 0.3 is 0 Å². The lowest BCUT2D eigenvalue weighted by Crippen LogP contribution is -2.51. The number of carbonyl (C=O) groups excluding carboxylic acids is 1. The number of nitrogens with one attached hydrogen (secondary N) is 1. The summed E-state index contributed by atoms with van der Waals surface area (Å²) in [6.07, 6.45) is 9.02. The van der Waals surface area contributed by atoms with Gasteiger partial charge < -0.3 is 11.1 Å². The van der Waals surface area contributed by atoms with Gasteiger partial charge in [0.15, 0.2) is 0 Å². The van der Waals surface area contributed by atoms with E-state index in [4.69, 9.17) is 10.7 Å². The molecule has 0 saturated heterocycles. The van der Waals surface area contributed by atoms with Crippen molar-refractivity contribution in [2.75, 3.05) is 6.54 Å². The van der Waals surface area contributed by atoms with Crippen molar-refractivity contribution in [2.45, 2.75) is 76.7 Å². The minimum absolute atomic E-state index is 0. The third-order valence-electron chi connectivity index (χ3n) is 4.51. The lowest BCUT2D eigenvalue weighted by atomic mass is 9.87. The third-order valence-corrected chi connectivity index (χ3v) is 5.43. The van der Waals surface area contributed by atoms with E-state index in [1.807, 2.05) is 6.92 Å². The molecule has 132 valence electrons. The van der Waals surface area contributed by atoms with Crippen molar-refractivity contribution in [3.8, 4) is 0 Å². The Kier molecular flexibility index (Phi) is 8.51. The monoisotopic (exact) mass is 359 g/mol. The predicted octanol–water partition coefficient (Wildman–Crippen LogP) is 3.79. The second-order valence-electron chi connectivity index (χ2n) is 6.67. The lowest BCUT2D eigenvalue weighted by Gasteiger charge is -2.22. The molecule has 1 heterocycles. The molecule has 1 fully saturated rings. The molecular formula is C17H30ClN3OS. The average Bonchev–Trinajstić information content (AvgIpc) is 2.97. The van der Waals surface area contributed by atoms with Gasteiger partial charge in [-0.3, -0.25) is 4.79 Å². The van der Waals surface area contributed by atoms with Crippen LogP contribution < -0.4 is 11.1 Å². The van der Waals surface area contributed by atoms with E-state index < -0.39 is 5.54 Å². The van der Waals surface area contributed by atoms with Crippen LogP contribution in [0.1, 0.15) is 75.4 Å². The van der Waals surface area contributed by atoms with Crippen LogP contribution in [-0.4, -0.2) is 23.0 Å². The highest BCUT2D eigenvalue weighted by Gasteiger charge is 2.26. The number of nitrogens with two attached hydrogens (primary N) is 1. The van der Waals surface area contributed by atoms with E-state index in [0.29, 0.717) is 18.9 Å². The van der Waals surface area contributed by atoms with Gasteiger partial charge in [0.2, 0.25) is 5.91 Å². The molecule has 1 aliphatic carbocycles. The molecular weight excluding hydrogens is 330 g/mol. The van der Waals surface area contributed by atoms with E-state index in [0.717, 1.165) is 17.8 Å². The Labute approximate surface area is 150 Å². The predicted molar refractivity (Wildman–Crippen MR) is 99.4 cm³/mol. The Bertz CT molecular complexity index is 484. The maximum Gasteiger partial charge on any atom is 0.239 e. The van der Waals surface area contributed by atoms with Gasteiger partial charge in [-0.1, -0.05) is 32.6 Å². The molecule has 0 aromatic carbocycles. The van der Waals surface area contributed by atoms with Crippen molar-refractivity contribution in [3.05, 3.63) is 16.1 Å². The van der Waals surface area contributed by atoms with Gasteiger partial charge in [-0.15, -0.1) is 23.7 Å². The normalized spacial score (nSPS) is 18.0. The number of amides is 1. The summed E-state index contributed by atoms with van der Waals surface area (Å²) in [5.41, 5.74) is 6.53. The molecule has 0 spiro atoms. The zero-order chi connectivity index (χ0) is 16.0. The van der Waals surface area contributed by atoms with Gasteiger partial charge in [-0.2, -0.15) is 0 Å². The Morgan fingerprint density at radius 3 is 2.78 bits per heavy atom. The number of hydrogen-bond donors (Lipinski definition) is 2. The molecule has 2 rings (SSSR count). The smallest absolute Gasteiger partial charge is 0.239 e. The molecule has 1 atom stereocenters. The average molecular weight is 360 g/mol. The molecule has 0 bridgehead atoms. The van der Waals surface area contributed by atoms with Crippen molar-refractivity contribution in [1.82, 2.24) is 10.3 Å². The first-order chi connectivity index (χ1) is 10.5. The fraction of sp³-hybridized carbons (Fsp3) is 0.765. The number of aromatic nitrogens is 1. The van der Waals surface area contributed by atoms with Gasteiger partial charge in [-0.05, 0) is 26.2 Å². The summed E-state index contributed by atoms with van der Waals surface area (Å²) in [5.74, 6) is 0.601. The summed E-state index contributed by atoms with van der Waals surface area (Å²) < 4.78 is 0. The number of hydrogen-bond acceptors (Lipinski definition) is 4. The van der Waals surface area contributed by atoms with E-state index in [1.165, 1.54) is 37.8 Å². The number of nitrogens with zero attached hydrogens (tertiary/aromatic N) is 1. The zero-order valence-electron chi connectivity index (χ0n) is 14.3. The highest BCUT2D eigenvalue weighted by molar-refractivity contribution is 7.09. The summed E-state index contributed by atoms with van der Waals surface area (Å²) in [6, 6.07) is 0. The molecule has 1 aromatic heterocycles. The Morgan fingerprint density at radius 1 is 1.43 bits per heavy atom. The topological polar surface area (TPSA) is 68.0 Å². The quantitative estimate of drug-likeness (QED) is 0.778. The maximum absolute atomic E-state index is 12.0. The van der Waals surface area contributed by atoms with E-state index in [9.17, 15) is 4.79 Å². The van der Waals surface area contributed by atoms with Crippen LogP contribution in [0.2, 0.25) is 0 Å². The van der Waals surface area contributed by atoms with Gasteiger partial charge in [0.1, 0.15) is 0 Å². The molecule has 0 radical (unpaired) electrons. The number of halogens is 1. The fourth-order valence-electron chi connectivity index (χ4n) is 3.14. The van der Waals surface area contributed by atoms with Gasteiger partial charge in [0.25, 0.3) is 0 Å². The molecule has 0 aliphatic heterocycles. The molecule has 23 heavy (non-hydrogen) atoms. The second kappa shape index (κ2) is 9.60. The molecule has 1 aromatic rings. The molecule has 6 heteroatoms. The Balaban J connectivity index is 0.00000264. The zero-order valence-corrected chi connectivity index (χ0v) is 15.9. The fourth-order valence-corrected chi connectivity index (χ4v) is 4.02. The first-order valence-corrected chi connectivity index (χ1v) is 9.42. The van der Waals surface area contributed by atoms with E-state index >= 15 is 0 Å². The van der Waals surface area contributed by atoms with Crippen LogP contribution in [0.3, 0.4) is 0 Å². The van der Waals surface area contributed by atoms with Crippen LogP contribution in [0.15, 0.2) is 5.38 Å². The molecule has 1 unspecified atom stereocenters. The van der Waals surface area contributed by atoms with Crippen LogP contribution >= 0.6 is 23.7 Å². The third kappa shape index (κ3) is 6.05. The van der Waals surface area contributed by atoms with Crippen molar-refractivity contribution in [2.24, 2.45) is 5.73 Å². The van der Waals surface area contributed by atoms with E-state index in [2.05, 4.69) is 10.7 Å². The number of carbonyl (C=O) groups is 1. The van der Waals surface area contributed by atoms with Crippen LogP contribution in [-0.2, 0) is 11.2 Å². The summed E-state index contributed by atoms with van der Waals surface area (Å²) in [7, 11) is 0. The first-order valence-electron chi connectivity index (χ1n) is 8.54. The highest BCUT2D eigenvalue weighted by atomic mass is 35.5. The van der Waals surface area contributed by atoms with Crippen LogP contribution in [0.4, 0.5) is 0 Å². The molecule has 1 saturated carbocycles. The first kappa shape index (κ1) is 20.4. The number of rotatable bonds is 7. The standard InChI is InChI=1S/C17H29N3OS.ClH/c1-3-10-17(2,18)16(21)19-11-9-15-20-14(12-22-15)13-7-5-4-6-8-13;/h12-13H,3-11,18H2,1-2H3,(H,19,21);1H. The Morgan fingerprint density at radius 2 is 2.13 bits per heavy atom. The molecule has 1 aliphatic rings. The molecule has 3 N–H and O–H groups in total. The highest BCUT2D eigenvalue weighted by Crippen LogP contribution is 2.33. The van der Waals surface area contributed by atoms with E-state index in [1.54, 1.807) is 18.3 Å². The van der Waals surface area contributed by atoms with Gasteiger partial charge in [0.05, 0.1) is 16.2 Å². The Hall–Kier alpha value is -0.650. The summed E-state index contributed by atoms with van der Waals surface area (Å²) in [6.45, 7) is 4.46.